The first kappa shape index (κ1) is 13.6. The molecular weight excluding hydrogens is 242 g/mol. The van der Waals surface area contributed by atoms with E-state index in [9.17, 15) is 0 Å². The zero-order valence-electron chi connectivity index (χ0n) is 11.8. The van der Waals surface area contributed by atoms with Crippen molar-refractivity contribution >= 4 is 5.95 Å². The molecule has 0 saturated carbocycles. The first-order chi connectivity index (χ1) is 9.24. The molecule has 0 fully saturated rings. The summed E-state index contributed by atoms with van der Waals surface area (Å²) in [6, 6.07) is 0. The van der Waals surface area contributed by atoms with E-state index in [0.29, 0.717) is 0 Å². The first-order valence-electron chi connectivity index (χ1n) is 6.56. The Bertz CT molecular complexity index is 517. The summed E-state index contributed by atoms with van der Waals surface area (Å²) >= 11 is 0. The van der Waals surface area contributed by atoms with Gasteiger partial charge in [0.05, 0.1) is 17.6 Å². The molecule has 2 heterocycles. The number of nitrogens with one attached hydrogen (secondary N) is 1. The van der Waals surface area contributed by atoms with Crippen LogP contribution in [-0.2, 0) is 11.3 Å². The van der Waals surface area contributed by atoms with Gasteiger partial charge in [-0.15, -0.1) is 0 Å². The average Bonchev–Trinajstić information content (AvgIpc) is 3.01. The lowest BCUT2D eigenvalue weighted by molar-refractivity contribution is 0.197. The van der Waals surface area contributed by atoms with E-state index in [2.05, 4.69) is 22.3 Å². The van der Waals surface area contributed by atoms with Crippen molar-refractivity contribution < 1.29 is 4.74 Å². The summed E-state index contributed by atoms with van der Waals surface area (Å²) < 4.78 is 8.97. The Labute approximate surface area is 113 Å². The van der Waals surface area contributed by atoms with E-state index < -0.39 is 0 Å². The smallest absolute Gasteiger partial charge is 0.207 e. The minimum Gasteiger partial charge on any atom is -0.385 e. The van der Waals surface area contributed by atoms with E-state index in [1.807, 2.05) is 34.8 Å². The molecule has 0 spiro atoms. The van der Waals surface area contributed by atoms with Gasteiger partial charge in [0.2, 0.25) is 5.95 Å². The van der Waals surface area contributed by atoms with Crippen molar-refractivity contribution in [3.63, 3.8) is 0 Å². The quantitative estimate of drug-likeness (QED) is 0.774. The van der Waals surface area contributed by atoms with Gasteiger partial charge in [0.25, 0.3) is 0 Å². The maximum Gasteiger partial charge on any atom is 0.207 e. The van der Waals surface area contributed by atoms with Gasteiger partial charge in [-0.25, -0.2) is 4.98 Å². The highest BCUT2D eigenvalue weighted by molar-refractivity contribution is 5.40. The number of rotatable bonds is 7. The van der Waals surface area contributed by atoms with Crippen molar-refractivity contribution in [1.29, 1.82) is 0 Å². The summed E-state index contributed by atoms with van der Waals surface area (Å²) in [7, 11) is 1.71. The van der Waals surface area contributed by atoms with E-state index >= 15 is 0 Å². The average molecular weight is 263 g/mol. The molecule has 0 saturated heterocycles. The molecule has 19 heavy (non-hydrogen) atoms. The monoisotopic (exact) mass is 263 g/mol. The molecule has 0 radical (unpaired) electrons. The predicted molar refractivity (Wildman–Crippen MR) is 74.7 cm³/mol. The number of anilines is 1. The molecule has 6 nitrogen and oxygen atoms in total. The second-order valence-electron chi connectivity index (χ2n) is 4.40. The lowest BCUT2D eigenvalue weighted by Gasteiger charge is -2.07. The standard InChI is InChI=1S/C13H21N5O/c1-4-17-10-12(8-15-17)18-9-11(2)16-13(18)14-6-5-7-19-3/h8-10H,4-7H2,1-3H3,(H,14,16). The van der Waals surface area contributed by atoms with Crippen LogP contribution in [0.4, 0.5) is 5.95 Å². The minimum absolute atomic E-state index is 0.750. The summed E-state index contributed by atoms with van der Waals surface area (Å²) in [5.41, 5.74) is 2.01. The highest BCUT2D eigenvalue weighted by atomic mass is 16.5. The van der Waals surface area contributed by atoms with E-state index in [4.69, 9.17) is 4.74 Å². The molecule has 0 atom stereocenters. The molecule has 0 aliphatic rings. The molecule has 0 aromatic carbocycles. The molecule has 104 valence electrons. The number of aryl methyl sites for hydroxylation is 2. The van der Waals surface area contributed by atoms with Gasteiger partial charge in [0, 0.05) is 39.2 Å². The van der Waals surface area contributed by atoms with Crippen molar-refractivity contribution in [2.45, 2.75) is 26.8 Å². The topological polar surface area (TPSA) is 56.9 Å². The predicted octanol–water partition coefficient (Wildman–Crippen LogP) is 1.85. The van der Waals surface area contributed by atoms with Crippen LogP contribution in [0.15, 0.2) is 18.6 Å². The first-order valence-corrected chi connectivity index (χ1v) is 6.56. The molecule has 0 aliphatic heterocycles. The van der Waals surface area contributed by atoms with Crippen LogP contribution in [0.3, 0.4) is 0 Å². The fraction of sp³-hybridized carbons (Fsp3) is 0.538. The molecule has 0 amide bonds. The largest absolute Gasteiger partial charge is 0.385 e. The van der Waals surface area contributed by atoms with E-state index in [1.54, 1.807) is 7.11 Å². The van der Waals surface area contributed by atoms with Crippen molar-refractivity contribution in [1.82, 2.24) is 19.3 Å². The van der Waals surface area contributed by atoms with Gasteiger partial charge < -0.3 is 10.1 Å². The van der Waals surface area contributed by atoms with Gasteiger partial charge in [-0.2, -0.15) is 5.10 Å². The fourth-order valence-corrected chi connectivity index (χ4v) is 1.89. The van der Waals surface area contributed by atoms with E-state index in [-0.39, 0.29) is 0 Å². The second kappa shape index (κ2) is 6.38. The maximum atomic E-state index is 5.04. The van der Waals surface area contributed by atoms with E-state index in [1.165, 1.54) is 0 Å². The summed E-state index contributed by atoms with van der Waals surface area (Å²) in [6.45, 7) is 6.51. The van der Waals surface area contributed by atoms with Gasteiger partial charge >= 0.3 is 0 Å². The van der Waals surface area contributed by atoms with Gasteiger partial charge in [-0.3, -0.25) is 9.25 Å². The lowest BCUT2D eigenvalue weighted by Crippen LogP contribution is -2.09. The van der Waals surface area contributed by atoms with Crippen LogP contribution in [-0.4, -0.2) is 39.6 Å². The zero-order chi connectivity index (χ0) is 13.7. The Morgan fingerprint density at radius 1 is 1.37 bits per heavy atom. The molecule has 2 aromatic rings. The molecule has 0 unspecified atom stereocenters. The van der Waals surface area contributed by atoms with Crippen LogP contribution in [0.2, 0.25) is 0 Å². The Morgan fingerprint density at radius 2 is 2.21 bits per heavy atom. The molecule has 2 aromatic heterocycles. The van der Waals surface area contributed by atoms with Crippen molar-refractivity contribution in [2.75, 3.05) is 25.6 Å². The zero-order valence-corrected chi connectivity index (χ0v) is 11.8. The number of ether oxygens (including phenoxy) is 1. The van der Waals surface area contributed by atoms with Crippen LogP contribution >= 0.6 is 0 Å². The number of methoxy groups -OCH3 is 1. The van der Waals surface area contributed by atoms with Crippen LogP contribution in [0.5, 0.6) is 0 Å². The van der Waals surface area contributed by atoms with Gasteiger partial charge in [-0.1, -0.05) is 0 Å². The highest BCUT2D eigenvalue weighted by Gasteiger charge is 2.08. The number of imidazole rings is 1. The summed E-state index contributed by atoms with van der Waals surface area (Å²) in [4.78, 5) is 4.49. The van der Waals surface area contributed by atoms with Crippen LogP contribution in [0.1, 0.15) is 19.0 Å². The van der Waals surface area contributed by atoms with Crippen molar-refractivity contribution in [3.05, 3.63) is 24.3 Å². The molecule has 6 heteroatoms. The van der Waals surface area contributed by atoms with Gasteiger partial charge in [0.15, 0.2) is 0 Å². The van der Waals surface area contributed by atoms with Crippen LogP contribution < -0.4 is 5.32 Å². The highest BCUT2D eigenvalue weighted by Crippen LogP contribution is 2.16. The summed E-state index contributed by atoms with van der Waals surface area (Å²) in [6.07, 6.45) is 6.83. The lowest BCUT2D eigenvalue weighted by atomic mass is 10.4. The van der Waals surface area contributed by atoms with Crippen molar-refractivity contribution in [3.8, 4) is 5.69 Å². The normalized spacial score (nSPS) is 10.9. The number of hydrogen-bond donors (Lipinski definition) is 1. The van der Waals surface area contributed by atoms with Crippen LogP contribution in [0, 0.1) is 6.92 Å². The van der Waals surface area contributed by atoms with E-state index in [0.717, 1.165) is 43.4 Å². The minimum atomic E-state index is 0.750. The number of hydrogen-bond acceptors (Lipinski definition) is 4. The molecular formula is C13H21N5O. The fourth-order valence-electron chi connectivity index (χ4n) is 1.89. The van der Waals surface area contributed by atoms with Crippen LogP contribution in [0.25, 0.3) is 5.69 Å². The molecule has 0 aliphatic carbocycles. The van der Waals surface area contributed by atoms with Gasteiger partial charge in [-0.05, 0) is 20.3 Å². The Kier molecular flexibility index (Phi) is 4.57. The third kappa shape index (κ3) is 3.35. The van der Waals surface area contributed by atoms with Crippen molar-refractivity contribution in [2.24, 2.45) is 0 Å². The third-order valence-corrected chi connectivity index (χ3v) is 2.86. The molecule has 0 bridgehead atoms. The Morgan fingerprint density at radius 3 is 2.89 bits per heavy atom. The number of nitrogens with zero attached hydrogens (tertiary/aromatic N) is 4. The SMILES string of the molecule is CCn1cc(-n2cc(C)nc2NCCCOC)cn1. The summed E-state index contributed by atoms with van der Waals surface area (Å²) in [5.74, 6) is 0.851. The molecule has 2 rings (SSSR count). The molecule has 1 N–H and O–H groups in total. The van der Waals surface area contributed by atoms with Gasteiger partial charge in [0.1, 0.15) is 0 Å². The Hall–Kier alpha value is -1.82. The Balaban J connectivity index is 2.11. The summed E-state index contributed by atoms with van der Waals surface area (Å²) in [5, 5.41) is 7.62. The third-order valence-electron chi connectivity index (χ3n) is 2.86. The second-order valence-corrected chi connectivity index (χ2v) is 4.40. The maximum absolute atomic E-state index is 5.04. The number of aromatic nitrogens is 4.